The number of hydrogen-bond acceptors (Lipinski definition) is 5. The van der Waals surface area contributed by atoms with Crippen molar-refractivity contribution in [1.29, 1.82) is 0 Å². The number of nitrogens with zero attached hydrogens (tertiary/aromatic N) is 1. The highest BCUT2D eigenvalue weighted by molar-refractivity contribution is 7.14. The highest BCUT2D eigenvalue weighted by Crippen LogP contribution is 2.16. The van der Waals surface area contributed by atoms with E-state index < -0.39 is 0 Å². The van der Waals surface area contributed by atoms with Crippen molar-refractivity contribution in [3.8, 4) is 11.8 Å². The van der Waals surface area contributed by atoms with E-state index in [1.807, 2.05) is 0 Å². The Labute approximate surface area is 112 Å². The van der Waals surface area contributed by atoms with Crippen LogP contribution in [-0.2, 0) is 0 Å². The predicted molar refractivity (Wildman–Crippen MR) is 73.1 cm³/mol. The van der Waals surface area contributed by atoms with Crippen molar-refractivity contribution in [3.05, 3.63) is 44.4 Å². The summed E-state index contributed by atoms with van der Waals surface area (Å²) in [5, 5.41) is 8.50. The van der Waals surface area contributed by atoms with Gasteiger partial charge in [0.05, 0.1) is 16.3 Å². The van der Waals surface area contributed by atoms with Gasteiger partial charge in [0.2, 0.25) is 0 Å². The third-order valence-electron chi connectivity index (χ3n) is 2.06. The Balaban J connectivity index is 2.09. The Morgan fingerprint density at radius 1 is 1.42 bits per heavy atom. The number of hydrogen-bond donors (Lipinski definition) is 3. The number of amides is 1. The minimum Gasteiger partial charge on any atom is -0.320 e. The van der Waals surface area contributed by atoms with Crippen LogP contribution in [-0.4, -0.2) is 22.6 Å². The molecule has 4 N–H and O–H groups in total. The Morgan fingerprint density at radius 2 is 2.26 bits per heavy atom. The zero-order valence-corrected chi connectivity index (χ0v) is 10.6. The summed E-state index contributed by atoms with van der Waals surface area (Å²) in [4.78, 5) is 24.0. The van der Waals surface area contributed by atoms with Gasteiger partial charge in [0.1, 0.15) is 0 Å². The Hall–Kier alpha value is -2.43. The highest BCUT2D eigenvalue weighted by Gasteiger charge is 2.09. The van der Waals surface area contributed by atoms with Crippen LogP contribution < -0.4 is 16.6 Å². The van der Waals surface area contributed by atoms with Crippen LogP contribution in [0, 0.1) is 11.8 Å². The van der Waals surface area contributed by atoms with Crippen LogP contribution in [0.15, 0.2) is 29.1 Å². The summed E-state index contributed by atoms with van der Waals surface area (Å²) in [6.07, 6.45) is 0. The molecule has 0 aromatic carbocycles. The molecular weight excluding hydrogens is 264 g/mol. The topological polar surface area (TPSA) is 101 Å². The molecule has 1 amide bonds. The van der Waals surface area contributed by atoms with Crippen molar-refractivity contribution >= 4 is 23.1 Å². The SMILES string of the molecule is NCC#Cc1ccc(C(=O)Nc2ccc(=O)[nH]n2)s1. The van der Waals surface area contributed by atoms with E-state index in [0.717, 1.165) is 4.88 Å². The molecule has 0 spiro atoms. The van der Waals surface area contributed by atoms with Crippen LogP contribution in [0.2, 0.25) is 0 Å². The fourth-order valence-corrected chi connectivity index (χ4v) is 2.03. The highest BCUT2D eigenvalue weighted by atomic mass is 32.1. The van der Waals surface area contributed by atoms with Crippen LogP contribution in [0.25, 0.3) is 0 Å². The van der Waals surface area contributed by atoms with Crippen molar-refractivity contribution in [2.24, 2.45) is 5.73 Å². The largest absolute Gasteiger partial charge is 0.320 e. The maximum Gasteiger partial charge on any atom is 0.266 e. The van der Waals surface area contributed by atoms with Crippen molar-refractivity contribution in [2.45, 2.75) is 0 Å². The number of nitrogens with two attached hydrogens (primary N) is 1. The van der Waals surface area contributed by atoms with Gasteiger partial charge < -0.3 is 11.1 Å². The minimum atomic E-state index is -0.325. The number of rotatable bonds is 2. The second-order valence-electron chi connectivity index (χ2n) is 3.43. The Bertz CT molecular complexity index is 688. The van der Waals surface area contributed by atoms with E-state index in [-0.39, 0.29) is 23.8 Å². The standard InChI is InChI=1S/C12H10N4O2S/c13-7-1-2-8-3-4-9(19-8)12(18)14-10-5-6-11(17)16-15-10/h3-6H,7,13H2,(H,16,17)(H,14,15,18). The average molecular weight is 274 g/mol. The predicted octanol–water partition coefficient (Wildman–Crippen LogP) is 0.394. The molecule has 0 fully saturated rings. The van der Waals surface area contributed by atoms with Crippen LogP contribution >= 0.6 is 11.3 Å². The van der Waals surface area contributed by atoms with Gasteiger partial charge in [0.15, 0.2) is 5.82 Å². The lowest BCUT2D eigenvalue weighted by atomic mass is 10.4. The average Bonchev–Trinajstić information content (AvgIpc) is 2.88. The first-order valence-electron chi connectivity index (χ1n) is 5.35. The third-order valence-corrected chi connectivity index (χ3v) is 3.06. The molecule has 0 aliphatic rings. The smallest absolute Gasteiger partial charge is 0.266 e. The Kier molecular flexibility index (Phi) is 4.07. The zero-order chi connectivity index (χ0) is 13.7. The van der Waals surface area contributed by atoms with E-state index in [2.05, 4.69) is 27.4 Å². The zero-order valence-electron chi connectivity index (χ0n) is 9.77. The summed E-state index contributed by atoms with van der Waals surface area (Å²) >= 11 is 1.26. The fraction of sp³-hybridized carbons (Fsp3) is 0.0833. The van der Waals surface area contributed by atoms with E-state index in [4.69, 9.17) is 5.73 Å². The molecule has 0 aliphatic carbocycles. The number of nitrogens with one attached hydrogen (secondary N) is 2. The van der Waals surface area contributed by atoms with Gasteiger partial charge in [-0.05, 0) is 18.2 Å². The molecule has 0 saturated heterocycles. The van der Waals surface area contributed by atoms with E-state index >= 15 is 0 Å². The number of anilines is 1. The molecule has 2 aromatic rings. The van der Waals surface area contributed by atoms with E-state index in [0.29, 0.717) is 4.88 Å². The maximum atomic E-state index is 11.9. The van der Waals surface area contributed by atoms with E-state index in [1.54, 1.807) is 12.1 Å². The molecular formula is C12H10N4O2S. The molecule has 2 rings (SSSR count). The van der Waals surface area contributed by atoms with Gasteiger partial charge in [-0.25, -0.2) is 5.10 Å². The van der Waals surface area contributed by atoms with Crippen molar-refractivity contribution in [1.82, 2.24) is 10.2 Å². The lowest BCUT2D eigenvalue weighted by Gasteiger charge is -2.00. The lowest BCUT2D eigenvalue weighted by molar-refractivity contribution is 0.103. The molecule has 0 unspecified atom stereocenters. The third kappa shape index (κ3) is 3.51. The summed E-state index contributed by atoms with van der Waals surface area (Å²) in [6.45, 7) is 0.279. The molecule has 7 heteroatoms. The normalized spacial score (nSPS) is 9.53. The first-order chi connectivity index (χ1) is 9.19. The second kappa shape index (κ2) is 5.95. The molecule has 96 valence electrons. The summed E-state index contributed by atoms with van der Waals surface area (Å²) in [7, 11) is 0. The first-order valence-corrected chi connectivity index (χ1v) is 6.16. The second-order valence-corrected chi connectivity index (χ2v) is 4.51. The van der Waals surface area contributed by atoms with Crippen LogP contribution in [0.4, 0.5) is 5.82 Å². The molecule has 19 heavy (non-hydrogen) atoms. The number of thiophene rings is 1. The van der Waals surface area contributed by atoms with Crippen molar-refractivity contribution in [2.75, 3.05) is 11.9 Å². The maximum absolute atomic E-state index is 11.9. The molecule has 0 radical (unpaired) electrons. The van der Waals surface area contributed by atoms with Gasteiger partial charge in [-0.2, -0.15) is 5.10 Å². The molecule has 0 aliphatic heterocycles. The monoisotopic (exact) mass is 274 g/mol. The molecule has 2 heterocycles. The number of carbonyl (C=O) groups excluding carboxylic acids is 1. The number of aromatic amines is 1. The summed E-state index contributed by atoms with van der Waals surface area (Å²) < 4.78 is 0. The van der Waals surface area contributed by atoms with Crippen LogP contribution in [0.3, 0.4) is 0 Å². The first kappa shape index (κ1) is 13.0. The van der Waals surface area contributed by atoms with Crippen molar-refractivity contribution < 1.29 is 4.79 Å². The molecule has 2 aromatic heterocycles. The summed E-state index contributed by atoms with van der Waals surface area (Å²) in [6, 6.07) is 6.14. The molecule has 6 nitrogen and oxygen atoms in total. The van der Waals surface area contributed by atoms with Gasteiger partial charge in [-0.1, -0.05) is 11.8 Å². The summed E-state index contributed by atoms with van der Waals surface area (Å²) in [5.41, 5.74) is 4.95. The lowest BCUT2D eigenvalue weighted by Crippen LogP contribution is -2.14. The van der Waals surface area contributed by atoms with Gasteiger partial charge in [0.25, 0.3) is 11.5 Å². The van der Waals surface area contributed by atoms with E-state index in [1.165, 1.54) is 23.5 Å². The number of H-pyrrole nitrogens is 1. The summed E-state index contributed by atoms with van der Waals surface area (Å²) in [5.74, 6) is 5.55. The van der Waals surface area contributed by atoms with E-state index in [9.17, 15) is 9.59 Å². The van der Waals surface area contributed by atoms with Crippen LogP contribution in [0.5, 0.6) is 0 Å². The number of carbonyl (C=O) groups is 1. The fourth-order valence-electron chi connectivity index (χ4n) is 1.26. The Morgan fingerprint density at radius 3 is 2.95 bits per heavy atom. The van der Waals surface area contributed by atoms with Gasteiger partial charge >= 0.3 is 0 Å². The van der Waals surface area contributed by atoms with Crippen LogP contribution in [0.1, 0.15) is 14.5 Å². The van der Waals surface area contributed by atoms with Gasteiger partial charge in [-0.3, -0.25) is 9.59 Å². The number of aromatic nitrogens is 2. The van der Waals surface area contributed by atoms with Crippen molar-refractivity contribution in [3.63, 3.8) is 0 Å². The minimum absolute atomic E-state index is 0.279. The molecule has 0 saturated carbocycles. The van der Waals surface area contributed by atoms with Gasteiger partial charge in [-0.15, -0.1) is 11.3 Å². The quantitative estimate of drug-likeness (QED) is 0.690. The van der Waals surface area contributed by atoms with Gasteiger partial charge in [0, 0.05) is 6.07 Å². The molecule has 0 atom stereocenters. The molecule has 0 bridgehead atoms.